The largest absolute Gasteiger partial charge is 0.340 e. The third-order valence-corrected chi connectivity index (χ3v) is 5.14. The Labute approximate surface area is 128 Å². The molecular weight excluding hydrogens is 264 g/mol. The van der Waals surface area contributed by atoms with E-state index in [0.29, 0.717) is 5.92 Å². The Morgan fingerprint density at radius 1 is 1.19 bits per heavy atom. The number of amides is 2. The molecule has 2 amide bonds. The van der Waals surface area contributed by atoms with Gasteiger partial charge >= 0.3 is 0 Å². The average Bonchev–Trinajstić information content (AvgIpc) is 2.49. The van der Waals surface area contributed by atoms with Crippen LogP contribution in [0, 0.1) is 5.92 Å². The molecule has 120 valence electrons. The minimum absolute atomic E-state index is 0.0295. The van der Waals surface area contributed by atoms with Gasteiger partial charge in [-0.2, -0.15) is 0 Å². The molecule has 21 heavy (non-hydrogen) atoms. The zero-order valence-electron chi connectivity index (χ0n) is 13.6. The maximum atomic E-state index is 12.9. The Kier molecular flexibility index (Phi) is 5.65. The van der Waals surface area contributed by atoms with Crippen LogP contribution < -0.4 is 5.32 Å². The smallest absolute Gasteiger partial charge is 0.248 e. The van der Waals surface area contributed by atoms with E-state index in [-0.39, 0.29) is 18.4 Å². The fourth-order valence-corrected chi connectivity index (χ4v) is 3.78. The Balaban J connectivity index is 2.04. The van der Waals surface area contributed by atoms with Gasteiger partial charge in [-0.1, -0.05) is 52.4 Å². The molecule has 4 heteroatoms. The number of hydrogen-bond acceptors (Lipinski definition) is 2. The van der Waals surface area contributed by atoms with Crippen molar-refractivity contribution in [2.75, 3.05) is 13.1 Å². The Bertz CT molecular complexity index is 375. The van der Waals surface area contributed by atoms with Gasteiger partial charge in [0.25, 0.3) is 0 Å². The van der Waals surface area contributed by atoms with E-state index >= 15 is 0 Å². The molecule has 2 aliphatic rings. The topological polar surface area (TPSA) is 49.4 Å². The molecule has 1 atom stereocenters. The molecule has 1 N–H and O–H groups in total. The van der Waals surface area contributed by atoms with Gasteiger partial charge in [0.15, 0.2) is 0 Å². The Morgan fingerprint density at radius 2 is 1.90 bits per heavy atom. The van der Waals surface area contributed by atoms with E-state index < -0.39 is 5.54 Å². The van der Waals surface area contributed by atoms with Crippen LogP contribution >= 0.6 is 0 Å². The molecule has 1 unspecified atom stereocenters. The molecule has 1 heterocycles. The maximum absolute atomic E-state index is 12.9. The van der Waals surface area contributed by atoms with E-state index in [1.54, 1.807) is 0 Å². The number of piperazine rings is 1. The summed E-state index contributed by atoms with van der Waals surface area (Å²) >= 11 is 0. The van der Waals surface area contributed by atoms with E-state index in [4.69, 9.17) is 0 Å². The number of hydrogen-bond donors (Lipinski definition) is 1. The molecule has 1 spiro atoms. The second-order valence-corrected chi connectivity index (χ2v) is 6.79. The van der Waals surface area contributed by atoms with Crippen molar-refractivity contribution in [1.82, 2.24) is 10.2 Å². The molecule has 4 nitrogen and oxygen atoms in total. The highest BCUT2D eigenvalue weighted by Gasteiger charge is 2.47. The minimum Gasteiger partial charge on any atom is -0.340 e. The summed E-state index contributed by atoms with van der Waals surface area (Å²) < 4.78 is 0. The van der Waals surface area contributed by atoms with Crippen LogP contribution in [0.1, 0.15) is 71.6 Å². The minimum atomic E-state index is -0.573. The van der Waals surface area contributed by atoms with Crippen molar-refractivity contribution in [2.45, 2.75) is 77.2 Å². The lowest BCUT2D eigenvalue weighted by Gasteiger charge is -2.45. The third kappa shape index (κ3) is 3.78. The predicted molar refractivity (Wildman–Crippen MR) is 83.8 cm³/mol. The van der Waals surface area contributed by atoms with Gasteiger partial charge in [0, 0.05) is 6.54 Å². The molecule has 0 aromatic heterocycles. The first kappa shape index (κ1) is 16.3. The highest BCUT2D eigenvalue weighted by atomic mass is 16.2. The van der Waals surface area contributed by atoms with Crippen LogP contribution in [0.25, 0.3) is 0 Å². The number of carbonyl (C=O) groups is 2. The van der Waals surface area contributed by atoms with E-state index in [1.165, 1.54) is 19.3 Å². The van der Waals surface area contributed by atoms with E-state index in [9.17, 15) is 9.59 Å². The summed E-state index contributed by atoms with van der Waals surface area (Å²) in [5.74, 6) is 0.735. The normalized spacial score (nSPS) is 23.2. The van der Waals surface area contributed by atoms with Gasteiger partial charge in [-0.25, -0.2) is 0 Å². The fourth-order valence-electron chi connectivity index (χ4n) is 3.78. The first-order valence-electron chi connectivity index (χ1n) is 8.71. The molecule has 1 saturated heterocycles. The number of nitrogens with zero attached hydrogens (tertiary/aromatic N) is 1. The number of nitrogens with one attached hydrogen (secondary N) is 1. The van der Waals surface area contributed by atoms with Crippen molar-refractivity contribution in [2.24, 2.45) is 5.92 Å². The van der Waals surface area contributed by atoms with Crippen molar-refractivity contribution in [3.05, 3.63) is 0 Å². The standard InChI is InChI=1S/C17H30N2O2/c1-3-5-9-14(4-2)12-19-13-15(20)18-17(16(19)21)10-7-6-8-11-17/h14H,3-13H2,1-2H3,(H,18,20). The van der Waals surface area contributed by atoms with Crippen molar-refractivity contribution in [3.8, 4) is 0 Å². The average molecular weight is 294 g/mol. The molecule has 1 saturated carbocycles. The van der Waals surface area contributed by atoms with Crippen molar-refractivity contribution in [1.29, 1.82) is 0 Å². The molecule has 0 aromatic carbocycles. The van der Waals surface area contributed by atoms with Gasteiger partial charge in [-0.15, -0.1) is 0 Å². The van der Waals surface area contributed by atoms with Crippen LogP contribution in [-0.2, 0) is 9.59 Å². The van der Waals surface area contributed by atoms with Gasteiger partial charge in [-0.05, 0) is 25.2 Å². The summed E-state index contributed by atoms with van der Waals surface area (Å²) in [4.78, 5) is 26.8. The summed E-state index contributed by atoms with van der Waals surface area (Å²) in [5.41, 5.74) is -0.573. The number of rotatable bonds is 6. The SMILES string of the molecule is CCCCC(CC)CN1CC(=O)NC2(CCCCC2)C1=O. The highest BCUT2D eigenvalue weighted by molar-refractivity contribution is 5.98. The number of unbranched alkanes of at least 4 members (excludes halogenated alkanes) is 1. The van der Waals surface area contributed by atoms with Gasteiger partial charge in [0.05, 0.1) is 6.54 Å². The van der Waals surface area contributed by atoms with E-state index in [2.05, 4.69) is 19.2 Å². The van der Waals surface area contributed by atoms with Gasteiger partial charge in [-0.3, -0.25) is 9.59 Å². The quantitative estimate of drug-likeness (QED) is 0.819. The summed E-state index contributed by atoms with van der Waals surface area (Å²) in [6.07, 6.45) is 9.55. The Hall–Kier alpha value is -1.06. The van der Waals surface area contributed by atoms with E-state index in [0.717, 1.165) is 45.1 Å². The zero-order valence-corrected chi connectivity index (χ0v) is 13.6. The molecule has 1 aliphatic heterocycles. The first-order valence-corrected chi connectivity index (χ1v) is 8.71. The van der Waals surface area contributed by atoms with E-state index in [1.807, 2.05) is 4.90 Å². The molecule has 0 aromatic rings. The molecule has 0 radical (unpaired) electrons. The van der Waals surface area contributed by atoms with Crippen molar-refractivity contribution >= 4 is 11.8 Å². The monoisotopic (exact) mass is 294 g/mol. The fraction of sp³-hybridized carbons (Fsp3) is 0.882. The molecule has 1 aliphatic carbocycles. The molecule has 2 fully saturated rings. The second-order valence-electron chi connectivity index (χ2n) is 6.79. The van der Waals surface area contributed by atoms with Crippen LogP contribution in [0.4, 0.5) is 0 Å². The summed E-state index contributed by atoms with van der Waals surface area (Å²) in [6, 6.07) is 0. The number of carbonyl (C=O) groups excluding carboxylic acids is 2. The molecule has 2 rings (SSSR count). The lowest BCUT2D eigenvalue weighted by atomic mass is 9.79. The van der Waals surface area contributed by atoms with Crippen LogP contribution in [0.3, 0.4) is 0 Å². The maximum Gasteiger partial charge on any atom is 0.248 e. The summed E-state index contributed by atoms with van der Waals surface area (Å²) in [7, 11) is 0. The van der Waals surface area contributed by atoms with Crippen LogP contribution in [0.5, 0.6) is 0 Å². The van der Waals surface area contributed by atoms with Crippen LogP contribution in [-0.4, -0.2) is 35.3 Å². The lowest BCUT2D eigenvalue weighted by molar-refractivity contribution is -0.152. The summed E-state index contributed by atoms with van der Waals surface area (Å²) in [5, 5.41) is 3.02. The van der Waals surface area contributed by atoms with Crippen molar-refractivity contribution in [3.63, 3.8) is 0 Å². The van der Waals surface area contributed by atoms with Gasteiger partial charge in [0.1, 0.15) is 5.54 Å². The van der Waals surface area contributed by atoms with Crippen molar-refractivity contribution < 1.29 is 9.59 Å². The Morgan fingerprint density at radius 3 is 2.52 bits per heavy atom. The van der Waals surface area contributed by atoms with Crippen LogP contribution in [0.15, 0.2) is 0 Å². The zero-order chi connectivity index (χ0) is 15.3. The first-order chi connectivity index (χ1) is 10.1. The van der Waals surface area contributed by atoms with Gasteiger partial charge < -0.3 is 10.2 Å². The lowest BCUT2D eigenvalue weighted by Crippen LogP contribution is -2.67. The van der Waals surface area contributed by atoms with Gasteiger partial charge in [0.2, 0.25) is 11.8 Å². The summed E-state index contributed by atoms with van der Waals surface area (Å²) in [6.45, 7) is 5.39. The molecular formula is C17H30N2O2. The second kappa shape index (κ2) is 7.28. The predicted octanol–water partition coefficient (Wildman–Crippen LogP) is 2.86. The molecule has 0 bridgehead atoms. The third-order valence-electron chi connectivity index (χ3n) is 5.14. The highest BCUT2D eigenvalue weighted by Crippen LogP contribution is 2.32. The van der Waals surface area contributed by atoms with Crippen LogP contribution in [0.2, 0.25) is 0 Å².